The van der Waals surface area contributed by atoms with E-state index in [2.05, 4.69) is 11.9 Å². The van der Waals surface area contributed by atoms with Gasteiger partial charge in [-0.2, -0.15) is 0 Å². The van der Waals surface area contributed by atoms with Crippen molar-refractivity contribution in [2.24, 2.45) is 11.6 Å². The third-order valence-corrected chi connectivity index (χ3v) is 2.69. The van der Waals surface area contributed by atoms with Gasteiger partial charge in [0, 0.05) is 24.9 Å². The fourth-order valence-electron chi connectivity index (χ4n) is 1.45. The monoisotopic (exact) mass is 284 g/mol. The summed E-state index contributed by atoms with van der Waals surface area (Å²) in [6.07, 6.45) is 2.50. The molecule has 1 fully saturated rings. The summed E-state index contributed by atoms with van der Waals surface area (Å²) in [5, 5.41) is 4.22. The van der Waals surface area contributed by atoms with Crippen molar-refractivity contribution in [3.63, 3.8) is 0 Å². The van der Waals surface area contributed by atoms with E-state index in [0.717, 1.165) is 6.42 Å². The predicted octanol–water partition coefficient (Wildman–Crippen LogP) is -0.540. The number of rotatable bonds is 9. The summed E-state index contributed by atoms with van der Waals surface area (Å²) >= 11 is 0. The van der Waals surface area contributed by atoms with E-state index in [9.17, 15) is 4.79 Å². The number of nitrogens with two attached hydrogens (primary N) is 2. The second kappa shape index (κ2) is 8.57. The van der Waals surface area contributed by atoms with Gasteiger partial charge in [-0.1, -0.05) is 6.58 Å². The van der Waals surface area contributed by atoms with Gasteiger partial charge in [0.15, 0.2) is 0 Å². The summed E-state index contributed by atoms with van der Waals surface area (Å²) in [4.78, 5) is 11.2. The van der Waals surface area contributed by atoms with Gasteiger partial charge in [-0.25, -0.2) is 5.84 Å². The minimum absolute atomic E-state index is 0.139. The third kappa shape index (κ3) is 6.55. The highest BCUT2D eigenvalue weighted by atomic mass is 16.6. The van der Waals surface area contributed by atoms with Crippen LogP contribution in [0.25, 0.3) is 0 Å². The molecule has 0 spiro atoms. The topological polar surface area (TPSA) is 103 Å². The van der Waals surface area contributed by atoms with E-state index in [1.54, 1.807) is 13.1 Å². The molecule has 0 aromatic rings. The maximum Gasteiger partial charge on any atom is 0.246 e. The summed E-state index contributed by atoms with van der Waals surface area (Å²) in [7, 11) is 0. The zero-order chi connectivity index (χ0) is 15.0. The minimum atomic E-state index is -0.139. The van der Waals surface area contributed by atoms with Crippen LogP contribution >= 0.6 is 0 Å². The van der Waals surface area contributed by atoms with E-state index in [1.807, 2.05) is 0 Å². The fraction of sp³-hybridized carbons (Fsp3) is 0.615. The number of hydrogen-bond donors (Lipinski definition) is 3. The zero-order valence-corrected chi connectivity index (χ0v) is 11.9. The Morgan fingerprint density at radius 1 is 1.60 bits per heavy atom. The maximum absolute atomic E-state index is 11.2. The van der Waals surface area contributed by atoms with E-state index in [1.165, 1.54) is 5.01 Å². The molecule has 1 heterocycles. The van der Waals surface area contributed by atoms with Gasteiger partial charge in [-0.3, -0.25) is 4.79 Å². The van der Waals surface area contributed by atoms with Gasteiger partial charge >= 0.3 is 0 Å². The molecular weight excluding hydrogens is 260 g/mol. The van der Waals surface area contributed by atoms with E-state index in [0.29, 0.717) is 44.2 Å². The van der Waals surface area contributed by atoms with Crippen LogP contribution in [0.4, 0.5) is 0 Å². The minimum Gasteiger partial charge on any atom is -0.399 e. The van der Waals surface area contributed by atoms with Crippen LogP contribution in [0.5, 0.6) is 0 Å². The Morgan fingerprint density at radius 3 is 2.85 bits per heavy atom. The van der Waals surface area contributed by atoms with Crippen LogP contribution in [-0.2, 0) is 14.3 Å². The molecule has 1 amide bonds. The highest BCUT2D eigenvalue weighted by molar-refractivity contribution is 5.91. The maximum atomic E-state index is 11.2. The molecule has 0 atom stereocenters. The molecule has 1 aliphatic rings. The van der Waals surface area contributed by atoms with Crippen LogP contribution in [0.3, 0.4) is 0 Å². The molecule has 20 heavy (non-hydrogen) atoms. The molecule has 0 bridgehead atoms. The largest absolute Gasteiger partial charge is 0.399 e. The van der Waals surface area contributed by atoms with E-state index in [4.69, 9.17) is 21.1 Å². The molecule has 0 radical (unpaired) electrons. The molecule has 1 aliphatic heterocycles. The number of nitrogens with one attached hydrogen (secondary N) is 1. The molecule has 1 rings (SSSR count). The molecule has 0 unspecified atom stereocenters. The Labute approximate surface area is 119 Å². The van der Waals surface area contributed by atoms with Crippen molar-refractivity contribution >= 4 is 5.91 Å². The normalized spacial score (nSPS) is 15.6. The van der Waals surface area contributed by atoms with Crippen molar-refractivity contribution in [1.82, 2.24) is 10.3 Å². The Kier molecular flexibility index (Phi) is 7.06. The van der Waals surface area contributed by atoms with Crippen LogP contribution in [0.1, 0.15) is 13.3 Å². The highest BCUT2D eigenvalue weighted by Gasteiger charge is 2.18. The summed E-state index contributed by atoms with van der Waals surface area (Å²) in [5.41, 5.74) is 6.84. The summed E-state index contributed by atoms with van der Waals surface area (Å²) in [5.74, 6) is 5.63. The summed E-state index contributed by atoms with van der Waals surface area (Å²) in [6, 6.07) is 0. The average Bonchev–Trinajstić information content (AvgIpc) is 2.32. The molecule has 0 aromatic carbocycles. The van der Waals surface area contributed by atoms with Crippen LogP contribution in [0, 0.1) is 0 Å². The van der Waals surface area contributed by atoms with Gasteiger partial charge in [0.1, 0.15) is 6.10 Å². The van der Waals surface area contributed by atoms with Crippen molar-refractivity contribution in [2.75, 3.05) is 32.9 Å². The van der Waals surface area contributed by atoms with Gasteiger partial charge in [-0.05, 0) is 13.3 Å². The average molecular weight is 284 g/mol. The molecule has 0 aromatic heterocycles. The number of carbonyl (C=O) groups is 1. The lowest BCUT2D eigenvalue weighted by molar-refractivity contribution is -0.124. The van der Waals surface area contributed by atoms with Gasteiger partial charge in [-0.15, -0.1) is 0 Å². The number of carbonyl (C=O) groups excluding carboxylic acids is 1. The van der Waals surface area contributed by atoms with Crippen molar-refractivity contribution in [2.45, 2.75) is 19.4 Å². The lowest BCUT2D eigenvalue weighted by atomic mass is 10.3. The highest BCUT2D eigenvalue weighted by Crippen LogP contribution is 2.05. The SMILES string of the molecule is C=C(C)C(=O)NCCCN(N)/C=C(\N)COC1COC1. The van der Waals surface area contributed by atoms with Crippen LogP contribution in [0.2, 0.25) is 0 Å². The fourth-order valence-corrected chi connectivity index (χ4v) is 1.45. The van der Waals surface area contributed by atoms with E-state index in [-0.39, 0.29) is 12.0 Å². The van der Waals surface area contributed by atoms with Crippen LogP contribution in [0.15, 0.2) is 24.0 Å². The molecule has 7 nitrogen and oxygen atoms in total. The standard InChI is InChI=1S/C13H24N4O3/c1-10(2)13(18)16-4-3-5-17(15)6-11(14)7-20-12-8-19-9-12/h6,12H,1,3-5,7-9,14-15H2,2H3,(H,16,18)/b11-6-. The number of nitrogens with zero attached hydrogens (tertiary/aromatic N) is 1. The Hall–Kier alpha value is -1.57. The molecule has 7 heteroatoms. The summed E-state index contributed by atoms with van der Waals surface area (Å²) in [6.45, 7) is 7.95. The Bertz CT molecular complexity index is 367. The van der Waals surface area contributed by atoms with Crippen molar-refractivity contribution in [1.29, 1.82) is 0 Å². The van der Waals surface area contributed by atoms with E-state index >= 15 is 0 Å². The van der Waals surface area contributed by atoms with Crippen molar-refractivity contribution in [3.05, 3.63) is 24.0 Å². The number of ether oxygens (including phenoxy) is 2. The van der Waals surface area contributed by atoms with Crippen LogP contribution < -0.4 is 16.9 Å². The first-order valence-electron chi connectivity index (χ1n) is 6.59. The molecular formula is C13H24N4O3. The van der Waals surface area contributed by atoms with Gasteiger partial charge in [0.2, 0.25) is 5.91 Å². The zero-order valence-electron chi connectivity index (χ0n) is 11.9. The van der Waals surface area contributed by atoms with Crippen LogP contribution in [-0.4, -0.2) is 49.9 Å². The molecule has 0 aliphatic carbocycles. The first-order chi connectivity index (χ1) is 9.49. The van der Waals surface area contributed by atoms with E-state index < -0.39 is 0 Å². The molecule has 5 N–H and O–H groups in total. The molecule has 114 valence electrons. The lowest BCUT2D eigenvalue weighted by Crippen LogP contribution is -2.37. The van der Waals surface area contributed by atoms with Gasteiger partial charge in [0.25, 0.3) is 0 Å². The number of hydrogen-bond acceptors (Lipinski definition) is 6. The number of hydrazine groups is 1. The quantitative estimate of drug-likeness (QED) is 0.227. The third-order valence-electron chi connectivity index (χ3n) is 2.69. The Morgan fingerprint density at radius 2 is 2.30 bits per heavy atom. The first-order valence-corrected chi connectivity index (χ1v) is 6.59. The predicted molar refractivity (Wildman–Crippen MR) is 76.2 cm³/mol. The number of amides is 1. The Balaban J connectivity index is 2.09. The van der Waals surface area contributed by atoms with Gasteiger partial charge in [0.05, 0.1) is 25.5 Å². The summed E-state index contributed by atoms with van der Waals surface area (Å²) < 4.78 is 10.4. The lowest BCUT2D eigenvalue weighted by Gasteiger charge is -2.26. The molecule has 0 saturated carbocycles. The first kappa shape index (κ1) is 16.5. The smallest absolute Gasteiger partial charge is 0.246 e. The van der Waals surface area contributed by atoms with Gasteiger partial charge < -0.3 is 25.5 Å². The van der Waals surface area contributed by atoms with Crippen molar-refractivity contribution in [3.8, 4) is 0 Å². The molecule has 1 saturated heterocycles. The second-order valence-corrected chi connectivity index (χ2v) is 4.80. The second-order valence-electron chi connectivity index (χ2n) is 4.80. The van der Waals surface area contributed by atoms with Crippen molar-refractivity contribution < 1.29 is 14.3 Å².